The van der Waals surface area contributed by atoms with Gasteiger partial charge in [-0.25, -0.2) is 4.68 Å². The Morgan fingerprint density at radius 2 is 2.04 bits per heavy atom. The van der Waals surface area contributed by atoms with Crippen molar-refractivity contribution >= 4 is 11.6 Å². The van der Waals surface area contributed by atoms with Crippen molar-refractivity contribution in [2.45, 2.75) is 26.7 Å². The van der Waals surface area contributed by atoms with E-state index in [0.717, 1.165) is 17.1 Å². The highest BCUT2D eigenvalue weighted by Gasteiger charge is 2.14. The number of aromatic nitrogens is 4. The standard InChI is InChI=1S/C20H19N5O3/c1-13-12-14(2)25(23-13)16-7-4-3-6-15(16)21-18(26)9-10-19-22-20(24-28-19)17-8-5-11-27-17/h3-8,11-12H,9-10H2,1-2H3,(H,21,26). The second kappa shape index (κ2) is 7.51. The van der Waals surface area contributed by atoms with Gasteiger partial charge in [0.2, 0.25) is 17.6 Å². The number of hydrogen-bond donors (Lipinski definition) is 1. The lowest BCUT2D eigenvalue weighted by Gasteiger charge is -2.12. The molecule has 28 heavy (non-hydrogen) atoms. The van der Waals surface area contributed by atoms with Crippen LogP contribution in [0.3, 0.4) is 0 Å². The van der Waals surface area contributed by atoms with E-state index < -0.39 is 0 Å². The third kappa shape index (κ3) is 3.71. The highest BCUT2D eigenvalue weighted by atomic mass is 16.5. The van der Waals surface area contributed by atoms with Gasteiger partial charge in [0.25, 0.3) is 0 Å². The molecule has 0 aliphatic rings. The zero-order valence-corrected chi connectivity index (χ0v) is 15.5. The predicted molar refractivity (Wildman–Crippen MR) is 102 cm³/mol. The van der Waals surface area contributed by atoms with Crippen molar-refractivity contribution in [3.05, 3.63) is 66.0 Å². The van der Waals surface area contributed by atoms with Gasteiger partial charge in [0.05, 0.1) is 23.3 Å². The highest BCUT2D eigenvalue weighted by Crippen LogP contribution is 2.22. The van der Waals surface area contributed by atoms with Crippen LogP contribution < -0.4 is 5.32 Å². The molecule has 0 saturated heterocycles. The van der Waals surface area contributed by atoms with Gasteiger partial charge in [-0.1, -0.05) is 17.3 Å². The third-order valence-corrected chi connectivity index (χ3v) is 4.19. The van der Waals surface area contributed by atoms with Crippen LogP contribution in [-0.2, 0) is 11.2 Å². The molecule has 4 rings (SSSR count). The molecule has 0 aliphatic carbocycles. The first-order chi connectivity index (χ1) is 13.6. The summed E-state index contributed by atoms with van der Waals surface area (Å²) in [7, 11) is 0. The lowest BCUT2D eigenvalue weighted by Crippen LogP contribution is -2.15. The number of benzene rings is 1. The van der Waals surface area contributed by atoms with E-state index in [2.05, 4.69) is 20.6 Å². The fourth-order valence-corrected chi connectivity index (χ4v) is 2.93. The molecule has 0 saturated carbocycles. The van der Waals surface area contributed by atoms with E-state index in [1.165, 1.54) is 0 Å². The Labute approximate surface area is 161 Å². The summed E-state index contributed by atoms with van der Waals surface area (Å²) >= 11 is 0. The van der Waals surface area contributed by atoms with Crippen LogP contribution in [0.25, 0.3) is 17.3 Å². The van der Waals surface area contributed by atoms with E-state index in [1.54, 1.807) is 18.4 Å². The molecule has 0 aliphatic heterocycles. The van der Waals surface area contributed by atoms with Crippen molar-refractivity contribution in [3.63, 3.8) is 0 Å². The lowest BCUT2D eigenvalue weighted by atomic mass is 10.2. The predicted octanol–water partition coefficient (Wildman–Crippen LogP) is 3.70. The zero-order chi connectivity index (χ0) is 19.5. The van der Waals surface area contributed by atoms with Gasteiger partial charge in [-0.2, -0.15) is 10.1 Å². The number of amides is 1. The minimum Gasteiger partial charge on any atom is -0.461 e. The molecular weight excluding hydrogens is 358 g/mol. The van der Waals surface area contributed by atoms with Gasteiger partial charge in [0, 0.05) is 18.5 Å². The fourth-order valence-electron chi connectivity index (χ4n) is 2.93. The lowest BCUT2D eigenvalue weighted by molar-refractivity contribution is -0.116. The maximum atomic E-state index is 12.4. The summed E-state index contributed by atoms with van der Waals surface area (Å²) in [4.78, 5) is 16.7. The van der Waals surface area contributed by atoms with Crippen LogP contribution in [0.5, 0.6) is 0 Å². The van der Waals surface area contributed by atoms with E-state index in [1.807, 2.05) is 48.9 Å². The molecule has 0 radical (unpaired) electrons. The maximum Gasteiger partial charge on any atom is 0.238 e. The molecule has 1 aromatic carbocycles. The van der Waals surface area contributed by atoms with E-state index in [4.69, 9.17) is 8.94 Å². The Morgan fingerprint density at radius 1 is 1.18 bits per heavy atom. The van der Waals surface area contributed by atoms with Gasteiger partial charge in [-0.05, 0) is 44.2 Å². The molecule has 3 heterocycles. The van der Waals surface area contributed by atoms with Crippen LogP contribution in [0.1, 0.15) is 23.7 Å². The average Bonchev–Trinajstić information content (AvgIpc) is 3.41. The normalized spacial score (nSPS) is 10.9. The number of anilines is 1. The summed E-state index contributed by atoms with van der Waals surface area (Å²) in [6, 6.07) is 13.0. The highest BCUT2D eigenvalue weighted by molar-refractivity contribution is 5.92. The molecule has 1 amide bonds. The molecule has 1 N–H and O–H groups in total. The first-order valence-electron chi connectivity index (χ1n) is 8.89. The maximum absolute atomic E-state index is 12.4. The SMILES string of the molecule is Cc1cc(C)n(-c2ccccc2NC(=O)CCc2nc(-c3ccco3)no2)n1. The topological polar surface area (TPSA) is 99.0 Å². The molecule has 0 spiro atoms. The van der Waals surface area contributed by atoms with Crippen LogP contribution in [0.4, 0.5) is 5.69 Å². The quantitative estimate of drug-likeness (QED) is 0.550. The van der Waals surface area contributed by atoms with Gasteiger partial charge >= 0.3 is 0 Å². The Balaban J connectivity index is 1.43. The summed E-state index contributed by atoms with van der Waals surface area (Å²) in [6.07, 6.45) is 2.09. The molecule has 0 bridgehead atoms. The van der Waals surface area contributed by atoms with Crippen molar-refractivity contribution in [2.75, 3.05) is 5.32 Å². The van der Waals surface area contributed by atoms with Crippen molar-refractivity contribution in [1.29, 1.82) is 0 Å². The van der Waals surface area contributed by atoms with E-state index in [0.29, 0.717) is 29.6 Å². The Kier molecular flexibility index (Phi) is 4.76. The average molecular weight is 377 g/mol. The van der Waals surface area contributed by atoms with Crippen LogP contribution in [0.2, 0.25) is 0 Å². The zero-order valence-electron chi connectivity index (χ0n) is 15.5. The molecule has 142 valence electrons. The molecule has 8 nitrogen and oxygen atoms in total. The van der Waals surface area contributed by atoms with Crippen LogP contribution in [-0.4, -0.2) is 25.8 Å². The van der Waals surface area contributed by atoms with Gasteiger partial charge in [0.15, 0.2) is 5.76 Å². The summed E-state index contributed by atoms with van der Waals surface area (Å²) < 4.78 is 12.2. The first kappa shape index (κ1) is 17.7. The second-order valence-electron chi connectivity index (χ2n) is 6.39. The van der Waals surface area contributed by atoms with E-state index in [-0.39, 0.29) is 12.3 Å². The monoisotopic (exact) mass is 377 g/mol. The fraction of sp³-hybridized carbons (Fsp3) is 0.200. The van der Waals surface area contributed by atoms with Gasteiger partial charge < -0.3 is 14.3 Å². The number of hydrogen-bond acceptors (Lipinski definition) is 6. The number of nitrogens with one attached hydrogen (secondary N) is 1. The van der Waals surface area contributed by atoms with Crippen molar-refractivity contribution in [2.24, 2.45) is 0 Å². The Hall–Kier alpha value is -3.68. The number of furan rings is 1. The molecule has 4 aromatic rings. The smallest absolute Gasteiger partial charge is 0.238 e. The minimum atomic E-state index is -0.147. The summed E-state index contributed by atoms with van der Waals surface area (Å²) in [5, 5.41) is 11.3. The number of aryl methyl sites for hydroxylation is 3. The molecule has 0 fully saturated rings. The van der Waals surface area contributed by atoms with Crippen LogP contribution >= 0.6 is 0 Å². The molecule has 0 atom stereocenters. The largest absolute Gasteiger partial charge is 0.461 e. The van der Waals surface area contributed by atoms with Crippen LogP contribution in [0.15, 0.2) is 57.7 Å². The number of para-hydroxylation sites is 2. The Bertz CT molecular complexity index is 1090. The number of carbonyl (C=O) groups is 1. The summed E-state index contributed by atoms with van der Waals surface area (Å²) in [6.45, 7) is 3.91. The number of nitrogens with zero attached hydrogens (tertiary/aromatic N) is 4. The van der Waals surface area contributed by atoms with Gasteiger partial charge in [0.1, 0.15) is 0 Å². The van der Waals surface area contributed by atoms with Crippen LogP contribution in [0, 0.1) is 13.8 Å². The van der Waals surface area contributed by atoms with Gasteiger partial charge in [-0.3, -0.25) is 4.79 Å². The van der Waals surface area contributed by atoms with Crippen molar-refractivity contribution in [1.82, 2.24) is 19.9 Å². The van der Waals surface area contributed by atoms with Crippen molar-refractivity contribution < 1.29 is 13.7 Å². The third-order valence-electron chi connectivity index (χ3n) is 4.19. The molecule has 8 heteroatoms. The second-order valence-corrected chi connectivity index (χ2v) is 6.39. The Morgan fingerprint density at radius 3 is 2.79 bits per heavy atom. The van der Waals surface area contributed by atoms with E-state index in [9.17, 15) is 4.79 Å². The first-order valence-corrected chi connectivity index (χ1v) is 8.89. The molecule has 3 aromatic heterocycles. The number of carbonyl (C=O) groups excluding carboxylic acids is 1. The summed E-state index contributed by atoms with van der Waals surface area (Å²) in [5.74, 6) is 1.13. The minimum absolute atomic E-state index is 0.147. The van der Waals surface area contributed by atoms with E-state index >= 15 is 0 Å². The number of rotatable bonds is 6. The van der Waals surface area contributed by atoms with Crippen molar-refractivity contribution in [3.8, 4) is 17.3 Å². The summed E-state index contributed by atoms with van der Waals surface area (Å²) in [5.41, 5.74) is 3.43. The molecular formula is C20H19N5O3. The molecule has 0 unspecified atom stereocenters. The van der Waals surface area contributed by atoms with Gasteiger partial charge in [-0.15, -0.1) is 0 Å².